The summed E-state index contributed by atoms with van der Waals surface area (Å²) in [5.74, 6) is -0.390. The number of nitrogens with one attached hydrogen (secondary N) is 2. The molecule has 1 heterocycles. The first-order valence-corrected chi connectivity index (χ1v) is 10.1. The smallest absolute Gasteiger partial charge is 0.292 e. The van der Waals surface area contributed by atoms with Crippen LogP contribution in [0.5, 0.6) is 0 Å². The molecule has 0 aliphatic carbocycles. The van der Waals surface area contributed by atoms with Gasteiger partial charge in [0.05, 0.1) is 15.6 Å². The predicted octanol–water partition coefficient (Wildman–Crippen LogP) is 5.74. The van der Waals surface area contributed by atoms with E-state index in [2.05, 4.69) is 15.6 Å². The standard InChI is InChI=1S/C20H15Cl2N3O2S/c1-28-14-8-5-12(6-9-14)13-7-10-17(23-11-13)24-20(27)25-19(26)18-15(21)3-2-4-16(18)22/h2-11H,1H3,(H2,23,24,25,26,27). The molecule has 2 aromatic carbocycles. The van der Waals surface area contributed by atoms with Gasteiger partial charge in [-0.05, 0) is 48.2 Å². The molecule has 0 fully saturated rings. The zero-order valence-electron chi connectivity index (χ0n) is 14.7. The van der Waals surface area contributed by atoms with Crippen molar-refractivity contribution < 1.29 is 9.59 Å². The summed E-state index contributed by atoms with van der Waals surface area (Å²) in [7, 11) is 0. The van der Waals surface area contributed by atoms with Crippen molar-refractivity contribution in [1.29, 1.82) is 0 Å². The Morgan fingerprint density at radius 3 is 2.14 bits per heavy atom. The minimum absolute atomic E-state index is 0.0398. The van der Waals surface area contributed by atoms with E-state index < -0.39 is 11.9 Å². The molecule has 2 N–H and O–H groups in total. The van der Waals surface area contributed by atoms with E-state index in [-0.39, 0.29) is 15.6 Å². The largest absolute Gasteiger partial charge is 0.327 e. The van der Waals surface area contributed by atoms with Crippen LogP contribution in [0.25, 0.3) is 11.1 Å². The lowest BCUT2D eigenvalue weighted by Crippen LogP contribution is -2.34. The maximum absolute atomic E-state index is 12.2. The summed E-state index contributed by atoms with van der Waals surface area (Å²) < 4.78 is 0. The van der Waals surface area contributed by atoms with Gasteiger partial charge in [-0.2, -0.15) is 0 Å². The van der Waals surface area contributed by atoms with Crippen LogP contribution in [0.15, 0.2) is 65.7 Å². The molecule has 3 rings (SSSR count). The van der Waals surface area contributed by atoms with Crippen molar-refractivity contribution in [3.63, 3.8) is 0 Å². The van der Waals surface area contributed by atoms with E-state index in [4.69, 9.17) is 23.2 Å². The second kappa shape index (κ2) is 9.10. The quantitative estimate of drug-likeness (QED) is 0.516. The van der Waals surface area contributed by atoms with E-state index in [9.17, 15) is 9.59 Å². The summed E-state index contributed by atoms with van der Waals surface area (Å²) in [6.07, 6.45) is 3.67. The van der Waals surface area contributed by atoms with Crippen molar-refractivity contribution >= 4 is 52.7 Å². The molecule has 0 bridgehead atoms. The molecular weight excluding hydrogens is 417 g/mol. The van der Waals surface area contributed by atoms with Crippen LogP contribution in [-0.2, 0) is 0 Å². The highest BCUT2D eigenvalue weighted by Crippen LogP contribution is 2.25. The lowest BCUT2D eigenvalue weighted by Gasteiger charge is -2.09. The lowest BCUT2D eigenvalue weighted by atomic mass is 10.1. The molecule has 0 aliphatic rings. The van der Waals surface area contributed by atoms with Gasteiger partial charge in [0, 0.05) is 16.7 Å². The van der Waals surface area contributed by atoms with Crippen LogP contribution in [0.1, 0.15) is 10.4 Å². The van der Waals surface area contributed by atoms with Gasteiger partial charge in [-0.15, -0.1) is 11.8 Å². The second-order valence-electron chi connectivity index (χ2n) is 5.67. The number of rotatable bonds is 4. The van der Waals surface area contributed by atoms with Crippen LogP contribution in [0.2, 0.25) is 10.0 Å². The summed E-state index contributed by atoms with van der Waals surface area (Å²) in [6.45, 7) is 0. The number of imide groups is 1. The highest BCUT2D eigenvalue weighted by molar-refractivity contribution is 7.98. The first-order chi connectivity index (χ1) is 13.5. The van der Waals surface area contributed by atoms with Crippen LogP contribution in [0.4, 0.5) is 10.6 Å². The minimum Gasteiger partial charge on any atom is -0.292 e. The number of hydrogen-bond donors (Lipinski definition) is 2. The van der Waals surface area contributed by atoms with E-state index in [1.54, 1.807) is 30.1 Å². The third-order valence-corrected chi connectivity index (χ3v) is 5.22. The summed E-state index contributed by atoms with van der Waals surface area (Å²) >= 11 is 13.6. The zero-order valence-corrected chi connectivity index (χ0v) is 17.0. The number of pyridine rings is 1. The Morgan fingerprint density at radius 2 is 1.57 bits per heavy atom. The van der Waals surface area contributed by atoms with Gasteiger partial charge in [0.15, 0.2) is 0 Å². The minimum atomic E-state index is -0.731. The number of aromatic nitrogens is 1. The average Bonchev–Trinajstić information content (AvgIpc) is 2.68. The Bertz CT molecular complexity index is 989. The molecule has 0 unspecified atom stereocenters. The molecule has 8 heteroatoms. The number of thioether (sulfide) groups is 1. The van der Waals surface area contributed by atoms with Crippen molar-refractivity contribution in [2.24, 2.45) is 0 Å². The van der Waals surface area contributed by atoms with Gasteiger partial charge in [0.25, 0.3) is 5.91 Å². The molecule has 0 saturated carbocycles. The van der Waals surface area contributed by atoms with E-state index in [0.29, 0.717) is 5.82 Å². The number of anilines is 1. The number of nitrogens with zero attached hydrogens (tertiary/aromatic N) is 1. The molecule has 142 valence electrons. The number of carbonyl (C=O) groups excluding carboxylic acids is 2. The number of amides is 3. The molecule has 3 aromatic rings. The Hall–Kier alpha value is -2.54. The van der Waals surface area contributed by atoms with Gasteiger partial charge in [0.1, 0.15) is 5.82 Å². The normalized spacial score (nSPS) is 10.4. The maximum atomic E-state index is 12.2. The topological polar surface area (TPSA) is 71.1 Å². The molecule has 28 heavy (non-hydrogen) atoms. The number of halogens is 2. The van der Waals surface area contributed by atoms with Crippen molar-refractivity contribution in [3.05, 3.63) is 76.4 Å². The Labute approximate surface area is 176 Å². The van der Waals surface area contributed by atoms with Gasteiger partial charge >= 0.3 is 6.03 Å². The van der Waals surface area contributed by atoms with Crippen molar-refractivity contribution in [1.82, 2.24) is 10.3 Å². The van der Waals surface area contributed by atoms with Crippen molar-refractivity contribution in [3.8, 4) is 11.1 Å². The summed E-state index contributed by atoms with van der Waals surface area (Å²) in [6, 6.07) is 15.5. The van der Waals surface area contributed by atoms with Crippen molar-refractivity contribution in [2.75, 3.05) is 11.6 Å². The molecule has 0 radical (unpaired) electrons. The number of carbonyl (C=O) groups is 2. The first kappa shape index (κ1) is 20.2. The fraction of sp³-hybridized carbons (Fsp3) is 0.0500. The number of benzene rings is 2. The molecular formula is C20H15Cl2N3O2S. The Balaban J connectivity index is 1.65. The average molecular weight is 432 g/mol. The van der Waals surface area contributed by atoms with Crippen LogP contribution >= 0.6 is 35.0 Å². The zero-order chi connectivity index (χ0) is 20.1. The molecule has 0 aliphatic heterocycles. The fourth-order valence-electron chi connectivity index (χ4n) is 2.45. The van der Waals surface area contributed by atoms with E-state index in [1.807, 2.05) is 36.6 Å². The van der Waals surface area contributed by atoms with Crippen LogP contribution < -0.4 is 10.6 Å². The van der Waals surface area contributed by atoms with Gasteiger partial charge in [-0.3, -0.25) is 15.4 Å². The number of urea groups is 1. The Kier molecular flexibility index (Phi) is 6.57. The molecule has 0 spiro atoms. The van der Waals surface area contributed by atoms with E-state index in [1.165, 1.54) is 17.0 Å². The van der Waals surface area contributed by atoms with Crippen LogP contribution in [-0.4, -0.2) is 23.2 Å². The molecule has 0 atom stereocenters. The summed E-state index contributed by atoms with van der Waals surface area (Å²) in [5, 5.41) is 5.01. The van der Waals surface area contributed by atoms with Gasteiger partial charge in [-0.25, -0.2) is 9.78 Å². The lowest BCUT2D eigenvalue weighted by molar-refractivity contribution is 0.0967. The number of hydrogen-bond acceptors (Lipinski definition) is 4. The molecule has 3 amide bonds. The third-order valence-electron chi connectivity index (χ3n) is 3.85. The summed E-state index contributed by atoms with van der Waals surface area (Å²) in [5.41, 5.74) is 1.97. The molecule has 5 nitrogen and oxygen atoms in total. The maximum Gasteiger partial charge on any atom is 0.327 e. The van der Waals surface area contributed by atoms with Crippen LogP contribution in [0, 0.1) is 0 Å². The fourth-order valence-corrected chi connectivity index (χ4v) is 3.43. The van der Waals surface area contributed by atoms with Gasteiger partial charge in [0.2, 0.25) is 0 Å². The van der Waals surface area contributed by atoms with Crippen molar-refractivity contribution in [2.45, 2.75) is 4.90 Å². The highest BCUT2D eigenvalue weighted by atomic mass is 35.5. The molecule has 1 aromatic heterocycles. The molecule has 0 saturated heterocycles. The second-order valence-corrected chi connectivity index (χ2v) is 7.36. The highest BCUT2D eigenvalue weighted by Gasteiger charge is 2.17. The Morgan fingerprint density at radius 1 is 0.929 bits per heavy atom. The monoisotopic (exact) mass is 431 g/mol. The van der Waals surface area contributed by atoms with E-state index in [0.717, 1.165) is 11.1 Å². The van der Waals surface area contributed by atoms with E-state index >= 15 is 0 Å². The van der Waals surface area contributed by atoms with Gasteiger partial charge < -0.3 is 0 Å². The third kappa shape index (κ3) is 4.84. The SMILES string of the molecule is CSc1ccc(-c2ccc(NC(=O)NC(=O)c3c(Cl)cccc3Cl)nc2)cc1. The predicted molar refractivity (Wildman–Crippen MR) is 114 cm³/mol. The van der Waals surface area contributed by atoms with Crippen LogP contribution in [0.3, 0.4) is 0 Å². The van der Waals surface area contributed by atoms with Gasteiger partial charge in [-0.1, -0.05) is 41.4 Å². The first-order valence-electron chi connectivity index (χ1n) is 8.15. The summed E-state index contributed by atoms with van der Waals surface area (Å²) in [4.78, 5) is 29.7.